The summed E-state index contributed by atoms with van der Waals surface area (Å²) in [6, 6.07) is 17.7. The molecule has 3 rings (SSSR count). The van der Waals surface area contributed by atoms with Gasteiger partial charge in [0.25, 0.3) is 11.8 Å². The van der Waals surface area contributed by atoms with Crippen LogP contribution in [0.5, 0.6) is 0 Å². The van der Waals surface area contributed by atoms with Crippen LogP contribution in [-0.4, -0.2) is 11.8 Å². The lowest BCUT2D eigenvalue weighted by molar-refractivity contribution is -0.120. The molecule has 0 atom stereocenters. The fourth-order valence-electron chi connectivity index (χ4n) is 2.43. The minimum Gasteiger partial charge on any atom is -0.269 e. The Bertz CT molecular complexity index is 715. The predicted octanol–water partition coefficient (Wildman–Crippen LogP) is 3.10. The number of imide groups is 1. The van der Waals surface area contributed by atoms with E-state index in [0.29, 0.717) is 11.3 Å². The highest BCUT2D eigenvalue weighted by Gasteiger charge is 2.29. The van der Waals surface area contributed by atoms with Gasteiger partial charge in [-0.2, -0.15) is 0 Å². The number of rotatable bonds is 3. The van der Waals surface area contributed by atoms with Crippen LogP contribution in [0.1, 0.15) is 18.1 Å². The Morgan fingerprint density at radius 1 is 0.857 bits per heavy atom. The Kier molecular flexibility index (Phi) is 3.40. The van der Waals surface area contributed by atoms with Crippen molar-refractivity contribution < 1.29 is 9.59 Å². The molecular weight excluding hydrogens is 262 g/mol. The maximum absolute atomic E-state index is 11.9. The molecule has 0 saturated carbocycles. The minimum absolute atomic E-state index is 0.240. The number of amides is 2. The molecule has 0 aromatic heterocycles. The van der Waals surface area contributed by atoms with Gasteiger partial charge < -0.3 is 0 Å². The van der Waals surface area contributed by atoms with Gasteiger partial charge in [-0.1, -0.05) is 42.5 Å². The summed E-state index contributed by atoms with van der Waals surface area (Å²) in [4.78, 5) is 24.9. The number of hydrogen-bond donors (Lipinski definition) is 0. The maximum Gasteiger partial charge on any atom is 0.261 e. The number of benzene rings is 2. The smallest absolute Gasteiger partial charge is 0.261 e. The molecule has 1 aliphatic heterocycles. The number of hydrogen-bond acceptors (Lipinski definition) is 2. The standard InChI is InChI=1S/C18H15NO2/c1-13-11-17(20)19(18(13)21)16-9-7-15(8-10-16)12-14-5-3-2-4-6-14/h2-11H,12H2,1H3. The SMILES string of the molecule is CC1=CC(=O)N(c2ccc(Cc3ccccc3)cc2)C1=O. The summed E-state index contributed by atoms with van der Waals surface area (Å²) < 4.78 is 0. The Hall–Kier alpha value is -2.68. The van der Waals surface area contributed by atoms with Crippen molar-refractivity contribution >= 4 is 17.5 Å². The van der Waals surface area contributed by atoms with Gasteiger partial charge in [0.1, 0.15) is 0 Å². The zero-order valence-electron chi connectivity index (χ0n) is 11.7. The summed E-state index contributed by atoms with van der Waals surface area (Å²) in [5.74, 6) is -0.510. The van der Waals surface area contributed by atoms with Crippen molar-refractivity contribution in [1.82, 2.24) is 0 Å². The van der Waals surface area contributed by atoms with Crippen LogP contribution in [0.4, 0.5) is 5.69 Å². The van der Waals surface area contributed by atoms with Crippen molar-refractivity contribution in [2.24, 2.45) is 0 Å². The van der Waals surface area contributed by atoms with Gasteiger partial charge in [0.05, 0.1) is 5.69 Å². The van der Waals surface area contributed by atoms with Gasteiger partial charge in [0, 0.05) is 11.6 Å². The first kappa shape index (κ1) is 13.3. The van der Waals surface area contributed by atoms with Crippen LogP contribution in [0, 0.1) is 0 Å². The van der Waals surface area contributed by atoms with Crippen molar-refractivity contribution in [1.29, 1.82) is 0 Å². The van der Waals surface area contributed by atoms with E-state index in [0.717, 1.165) is 12.0 Å². The lowest BCUT2D eigenvalue weighted by Gasteiger charge is -2.14. The van der Waals surface area contributed by atoms with Gasteiger partial charge in [0.2, 0.25) is 0 Å². The number of carbonyl (C=O) groups excluding carboxylic acids is 2. The molecule has 2 aromatic rings. The summed E-state index contributed by atoms with van der Waals surface area (Å²) in [5, 5.41) is 0. The molecule has 1 aliphatic rings. The lowest BCUT2D eigenvalue weighted by atomic mass is 10.0. The summed E-state index contributed by atoms with van der Waals surface area (Å²) >= 11 is 0. The van der Waals surface area contributed by atoms with Crippen molar-refractivity contribution in [3.05, 3.63) is 77.4 Å². The Balaban J connectivity index is 1.79. The fourth-order valence-corrected chi connectivity index (χ4v) is 2.43. The van der Waals surface area contributed by atoms with Crippen LogP contribution in [0.2, 0.25) is 0 Å². The van der Waals surface area contributed by atoms with Crippen LogP contribution < -0.4 is 4.90 Å². The molecular formula is C18H15NO2. The predicted molar refractivity (Wildman–Crippen MR) is 81.9 cm³/mol. The van der Waals surface area contributed by atoms with E-state index >= 15 is 0 Å². The Labute approximate surface area is 123 Å². The molecule has 0 spiro atoms. The lowest BCUT2D eigenvalue weighted by Crippen LogP contribution is -2.30. The van der Waals surface area contributed by atoms with Gasteiger partial charge in [-0.25, -0.2) is 4.90 Å². The second kappa shape index (κ2) is 5.37. The summed E-state index contributed by atoms with van der Waals surface area (Å²) in [6.07, 6.45) is 2.21. The zero-order valence-corrected chi connectivity index (χ0v) is 11.7. The maximum atomic E-state index is 11.9. The normalized spacial score (nSPS) is 14.5. The third-order valence-corrected chi connectivity index (χ3v) is 3.55. The molecule has 1 heterocycles. The van der Waals surface area contributed by atoms with Gasteiger partial charge >= 0.3 is 0 Å². The molecule has 3 nitrogen and oxygen atoms in total. The minimum atomic E-state index is -0.270. The monoisotopic (exact) mass is 277 g/mol. The van der Waals surface area contributed by atoms with Crippen LogP contribution in [0.25, 0.3) is 0 Å². The molecule has 0 radical (unpaired) electrons. The van der Waals surface area contributed by atoms with Crippen molar-refractivity contribution in [3.63, 3.8) is 0 Å². The highest BCUT2D eigenvalue weighted by atomic mass is 16.2. The summed E-state index contributed by atoms with van der Waals surface area (Å²) in [6.45, 7) is 1.66. The number of carbonyl (C=O) groups is 2. The first-order valence-corrected chi connectivity index (χ1v) is 6.85. The molecule has 0 N–H and O–H groups in total. The largest absolute Gasteiger partial charge is 0.269 e. The molecule has 21 heavy (non-hydrogen) atoms. The van der Waals surface area contributed by atoms with Crippen LogP contribution in [-0.2, 0) is 16.0 Å². The molecule has 104 valence electrons. The van der Waals surface area contributed by atoms with E-state index in [4.69, 9.17) is 0 Å². The topological polar surface area (TPSA) is 37.4 Å². The van der Waals surface area contributed by atoms with Crippen LogP contribution in [0.3, 0.4) is 0 Å². The zero-order chi connectivity index (χ0) is 14.8. The average Bonchev–Trinajstić information content (AvgIpc) is 2.74. The molecule has 3 heteroatoms. The molecule has 0 bridgehead atoms. The highest BCUT2D eigenvalue weighted by molar-refractivity contribution is 6.30. The van der Waals surface area contributed by atoms with E-state index in [-0.39, 0.29) is 11.8 Å². The quantitative estimate of drug-likeness (QED) is 0.808. The van der Waals surface area contributed by atoms with Gasteiger partial charge in [-0.15, -0.1) is 0 Å². The molecule has 0 aliphatic carbocycles. The number of anilines is 1. The highest BCUT2D eigenvalue weighted by Crippen LogP contribution is 2.23. The third kappa shape index (κ3) is 2.63. The van der Waals surface area contributed by atoms with Crippen molar-refractivity contribution in [2.45, 2.75) is 13.3 Å². The van der Waals surface area contributed by atoms with E-state index < -0.39 is 0 Å². The number of nitrogens with zero attached hydrogens (tertiary/aromatic N) is 1. The van der Waals surface area contributed by atoms with E-state index in [9.17, 15) is 9.59 Å². The Morgan fingerprint density at radius 2 is 1.48 bits per heavy atom. The first-order chi connectivity index (χ1) is 10.1. The molecule has 2 aromatic carbocycles. The van der Waals surface area contributed by atoms with E-state index in [1.165, 1.54) is 16.5 Å². The molecule has 0 unspecified atom stereocenters. The molecule has 0 fully saturated rings. The fraction of sp³-hybridized carbons (Fsp3) is 0.111. The van der Waals surface area contributed by atoms with Crippen LogP contribution >= 0.6 is 0 Å². The Morgan fingerprint density at radius 3 is 2.05 bits per heavy atom. The average molecular weight is 277 g/mol. The molecule has 0 saturated heterocycles. The van der Waals surface area contributed by atoms with Gasteiger partial charge in [-0.05, 0) is 36.6 Å². The van der Waals surface area contributed by atoms with Crippen molar-refractivity contribution in [3.8, 4) is 0 Å². The van der Waals surface area contributed by atoms with Gasteiger partial charge in [-0.3, -0.25) is 9.59 Å². The van der Waals surface area contributed by atoms with Crippen molar-refractivity contribution in [2.75, 3.05) is 4.90 Å². The van der Waals surface area contributed by atoms with E-state index in [1.807, 2.05) is 42.5 Å². The van der Waals surface area contributed by atoms with E-state index in [2.05, 4.69) is 12.1 Å². The molecule has 2 amide bonds. The first-order valence-electron chi connectivity index (χ1n) is 6.85. The third-order valence-electron chi connectivity index (χ3n) is 3.55. The van der Waals surface area contributed by atoms with Gasteiger partial charge in [0.15, 0.2) is 0 Å². The van der Waals surface area contributed by atoms with E-state index in [1.54, 1.807) is 6.92 Å². The second-order valence-electron chi connectivity index (χ2n) is 5.13. The van der Waals surface area contributed by atoms with Crippen LogP contribution in [0.15, 0.2) is 66.2 Å². The second-order valence-corrected chi connectivity index (χ2v) is 5.13. The summed E-state index contributed by atoms with van der Waals surface area (Å²) in [7, 11) is 0. The summed E-state index contributed by atoms with van der Waals surface area (Å²) in [5.41, 5.74) is 3.48.